The molecule has 0 saturated heterocycles. The molecule has 2 rings (SSSR count). The van der Waals surface area contributed by atoms with Gasteiger partial charge in [0.25, 0.3) is 0 Å². The van der Waals surface area contributed by atoms with Crippen molar-refractivity contribution in [2.24, 2.45) is 0 Å². The molecule has 0 aliphatic carbocycles. The number of anilines is 1. The summed E-state index contributed by atoms with van der Waals surface area (Å²) in [5.41, 5.74) is 1.23. The number of phenolic OH excluding ortho intramolecular Hbond substituents is 1. The largest absolute Gasteiger partial charge is 0.573 e. The van der Waals surface area contributed by atoms with E-state index < -0.39 is 12.1 Å². The minimum atomic E-state index is -4.86. The number of ether oxygens (including phenoxy) is 1. The number of alkyl halides is 3. The summed E-state index contributed by atoms with van der Waals surface area (Å²) in [6, 6.07) is 3.91. The number of rotatable bonds is 5. The highest BCUT2D eigenvalue weighted by molar-refractivity contribution is 5.58. The number of nitrogens with zero attached hydrogens (tertiary/aromatic N) is 1. The molecule has 1 aromatic heterocycles. The van der Waals surface area contributed by atoms with Gasteiger partial charge in [-0.05, 0) is 24.6 Å². The number of aliphatic hydroxyl groups is 1. The van der Waals surface area contributed by atoms with Crippen LogP contribution in [0.25, 0.3) is 5.69 Å². The number of aliphatic hydroxyl groups excluding tert-OH is 1. The third-order valence-corrected chi connectivity index (χ3v) is 2.87. The Morgan fingerprint density at radius 1 is 1.32 bits per heavy atom. The van der Waals surface area contributed by atoms with Crippen LogP contribution in [0.2, 0.25) is 0 Å². The molecule has 0 atom stereocenters. The number of benzene rings is 1. The van der Waals surface area contributed by atoms with Gasteiger partial charge >= 0.3 is 6.36 Å². The van der Waals surface area contributed by atoms with Crippen LogP contribution in [0.1, 0.15) is 5.56 Å². The lowest BCUT2D eigenvalue weighted by Crippen LogP contribution is -2.18. The lowest BCUT2D eigenvalue weighted by atomic mass is 10.1. The van der Waals surface area contributed by atoms with Crippen LogP contribution in [-0.4, -0.2) is 34.3 Å². The van der Waals surface area contributed by atoms with Crippen LogP contribution in [0.5, 0.6) is 11.5 Å². The van der Waals surface area contributed by atoms with E-state index in [0.29, 0.717) is 17.8 Å². The Morgan fingerprint density at radius 3 is 2.68 bits per heavy atom. The zero-order chi connectivity index (χ0) is 16.3. The molecule has 0 radical (unpaired) electrons. The maximum absolute atomic E-state index is 12.5. The minimum Gasteiger partial charge on any atom is -0.508 e. The third-order valence-electron chi connectivity index (χ3n) is 2.87. The number of hydrogen-bond donors (Lipinski definition) is 3. The van der Waals surface area contributed by atoms with Crippen LogP contribution < -0.4 is 10.1 Å². The van der Waals surface area contributed by atoms with E-state index in [1.807, 2.05) is 0 Å². The number of aryl methyl sites for hydroxylation is 1. The molecule has 0 amide bonds. The summed E-state index contributed by atoms with van der Waals surface area (Å²) in [6.45, 7) is 1.83. The Balaban J connectivity index is 2.42. The Bertz CT molecular complexity index is 653. The smallest absolute Gasteiger partial charge is 0.508 e. The lowest BCUT2D eigenvalue weighted by Gasteiger charge is -2.16. The number of phenols is 1. The van der Waals surface area contributed by atoms with Crippen LogP contribution >= 0.6 is 0 Å². The summed E-state index contributed by atoms with van der Waals surface area (Å²) in [7, 11) is 0. The van der Waals surface area contributed by atoms with Gasteiger partial charge in [-0.15, -0.1) is 13.2 Å². The normalized spacial score (nSPS) is 11.5. The summed E-state index contributed by atoms with van der Waals surface area (Å²) >= 11 is 0. The van der Waals surface area contributed by atoms with Crippen molar-refractivity contribution < 1.29 is 28.1 Å². The highest BCUT2D eigenvalue weighted by Crippen LogP contribution is 2.35. The maximum Gasteiger partial charge on any atom is 0.573 e. The molecule has 120 valence electrons. The zero-order valence-corrected chi connectivity index (χ0v) is 11.7. The van der Waals surface area contributed by atoms with Crippen molar-refractivity contribution in [2.45, 2.75) is 13.3 Å². The van der Waals surface area contributed by atoms with Gasteiger partial charge in [-0.25, -0.2) is 0 Å². The topological polar surface area (TPSA) is 66.7 Å². The third kappa shape index (κ3) is 3.85. The molecule has 22 heavy (non-hydrogen) atoms. The molecule has 0 fully saturated rings. The van der Waals surface area contributed by atoms with Crippen LogP contribution in [-0.2, 0) is 0 Å². The molecular weight excluding hydrogens is 301 g/mol. The molecule has 0 saturated carbocycles. The van der Waals surface area contributed by atoms with E-state index in [2.05, 4.69) is 10.1 Å². The molecule has 0 bridgehead atoms. The first kappa shape index (κ1) is 16.0. The van der Waals surface area contributed by atoms with Gasteiger partial charge in [0, 0.05) is 25.0 Å². The van der Waals surface area contributed by atoms with Gasteiger partial charge in [0.15, 0.2) is 5.75 Å². The molecule has 0 aliphatic rings. The van der Waals surface area contributed by atoms with Gasteiger partial charge in [0.05, 0.1) is 18.0 Å². The van der Waals surface area contributed by atoms with Gasteiger partial charge < -0.3 is 24.8 Å². The van der Waals surface area contributed by atoms with E-state index in [4.69, 9.17) is 5.11 Å². The average Bonchev–Trinajstić information content (AvgIpc) is 2.82. The number of aromatic nitrogens is 1. The number of halogens is 3. The molecule has 0 aliphatic heterocycles. The number of aromatic hydroxyl groups is 1. The first-order chi connectivity index (χ1) is 10.3. The fourth-order valence-electron chi connectivity index (χ4n) is 2.10. The van der Waals surface area contributed by atoms with E-state index in [1.54, 1.807) is 25.4 Å². The summed E-state index contributed by atoms with van der Waals surface area (Å²) in [4.78, 5) is 0. The molecule has 5 nitrogen and oxygen atoms in total. The minimum absolute atomic E-state index is 0.0636. The highest BCUT2D eigenvalue weighted by atomic mass is 19.4. The van der Waals surface area contributed by atoms with Crippen molar-refractivity contribution in [3.63, 3.8) is 0 Å². The summed E-state index contributed by atoms with van der Waals surface area (Å²) in [6.07, 6.45) is -1.74. The van der Waals surface area contributed by atoms with E-state index in [1.165, 1.54) is 10.6 Å². The fourth-order valence-corrected chi connectivity index (χ4v) is 2.10. The second-order valence-corrected chi connectivity index (χ2v) is 4.62. The van der Waals surface area contributed by atoms with Gasteiger partial charge in [-0.2, -0.15) is 0 Å². The summed E-state index contributed by atoms with van der Waals surface area (Å²) in [5, 5.41) is 21.1. The van der Waals surface area contributed by atoms with E-state index in [9.17, 15) is 18.3 Å². The maximum atomic E-state index is 12.5. The monoisotopic (exact) mass is 316 g/mol. The van der Waals surface area contributed by atoms with Gasteiger partial charge in [-0.3, -0.25) is 0 Å². The first-order valence-electron chi connectivity index (χ1n) is 6.42. The SMILES string of the molecule is Cc1cc(O)cc(OC(F)(F)F)c1-n1ccc(NCCO)c1. The Hall–Kier alpha value is -2.35. The molecule has 2 aromatic rings. The van der Waals surface area contributed by atoms with Gasteiger partial charge in [0.1, 0.15) is 5.75 Å². The van der Waals surface area contributed by atoms with E-state index in [-0.39, 0.29) is 18.0 Å². The van der Waals surface area contributed by atoms with Crippen LogP contribution in [0, 0.1) is 6.92 Å². The molecule has 0 spiro atoms. The predicted molar refractivity (Wildman–Crippen MR) is 74.4 cm³/mol. The molecule has 1 aromatic carbocycles. The van der Waals surface area contributed by atoms with Crippen LogP contribution in [0.15, 0.2) is 30.6 Å². The lowest BCUT2D eigenvalue weighted by molar-refractivity contribution is -0.274. The van der Waals surface area contributed by atoms with Gasteiger partial charge in [0.2, 0.25) is 0 Å². The second kappa shape index (κ2) is 6.18. The second-order valence-electron chi connectivity index (χ2n) is 4.62. The standard InChI is InChI=1S/C14H15F3N2O3/c1-9-6-11(21)7-12(22-14(15,16)17)13(9)19-4-2-10(8-19)18-3-5-20/h2,4,6-8,18,20-21H,3,5H2,1H3. The average molecular weight is 316 g/mol. The Labute approximate surface area is 124 Å². The Kier molecular flexibility index (Phi) is 4.51. The van der Waals surface area contributed by atoms with E-state index >= 15 is 0 Å². The van der Waals surface area contributed by atoms with E-state index in [0.717, 1.165) is 6.07 Å². The van der Waals surface area contributed by atoms with Gasteiger partial charge in [-0.1, -0.05) is 0 Å². The van der Waals surface area contributed by atoms with Crippen LogP contribution in [0.3, 0.4) is 0 Å². The van der Waals surface area contributed by atoms with Crippen molar-refractivity contribution in [2.75, 3.05) is 18.5 Å². The number of nitrogens with one attached hydrogen (secondary N) is 1. The fraction of sp³-hybridized carbons (Fsp3) is 0.286. The summed E-state index contributed by atoms with van der Waals surface area (Å²) in [5.74, 6) is -0.805. The molecule has 1 heterocycles. The molecule has 3 N–H and O–H groups in total. The van der Waals surface area contributed by atoms with Crippen molar-refractivity contribution in [3.05, 3.63) is 36.2 Å². The van der Waals surface area contributed by atoms with Crippen molar-refractivity contribution in [1.82, 2.24) is 4.57 Å². The first-order valence-corrected chi connectivity index (χ1v) is 6.42. The zero-order valence-electron chi connectivity index (χ0n) is 11.7. The van der Waals surface area contributed by atoms with Crippen LogP contribution in [0.4, 0.5) is 18.9 Å². The number of hydrogen-bond acceptors (Lipinski definition) is 4. The molecule has 8 heteroatoms. The van der Waals surface area contributed by atoms with Crippen molar-refractivity contribution in [1.29, 1.82) is 0 Å². The predicted octanol–water partition coefficient (Wildman–Crippen LogP) is 2.79. The molecule has 0 unspecified atom stereocenters. The molecular formula is C14H15F3N2O3. The highest BCUT2D eigenvalue weighted by Gasteiger charge is 2.33. The van der Waals surface area contributed by atoms with Crippen molar-refractivity contribution >= 4 is 5.69 Å². The quantitative estimate of drug-likeness (QED) is 0.793. The Morgan fingerprint density at radius 2 is 2.05 bits per heavy atom. The summed E-state index contributed by atoms with van der Waals surface area (Å²) < 4.78 is 43.0. The van der Waals surface area contributed by atoms with Crippen molar-refractivity contribution in [3.8, 4) is 17.2 Å².